The molecular weight excluding hydrogens is 325 g/mol. The Morgan fingerprint density at radius 2 is 1.88 bits per heavy atom. The first-order valence-electron chi connectivity index (χ1n) is 6.60. The highest BCUT2D eigenvalue weighted by Crippen LogP contribution is 2.30. The molecule has 0 radical (unpaired) electrons. The zero-order chi connectivity index (χ0) is 17.9. The van der Waals surface area contributed by atoms with E-state index in [4.69, 9.17) is 5.26 Å². The fraction of sp³-hybridized carbons (Fsp3) is 0.125. The number of alkyl halides is 3. The Morgan fingerprint density at radius 3 is 2.42 bits per heavy atom. The number of hydrogen-bond acceptors (Lipinski definition) is 4. The normalized spacial score (nSPS) is 10.8. The van der Waals surface area contributed by atoms with E-state index >= 15 is 0 Å². The Hall–Kier alpha value is -3.21. The van der Waals surface area contributed by atoms with Crippen LogP contribution in [0.4, 0.5) is 24.5 Å². The Morgan fingerprint density at radius 1 is 1.21 bits per heavy atom. The number of aromatic carboxylic acids is 1. The fourth-order valence-corrected chi connectivity index (χ4v) is 2.02. The molecule has 0 saturated carbocycles. The number of hydrogen-bond donors (Lipinski definition) is 2. The van der Waals surface area contributed by atoms with Gasteiger partial charge in [-0.2, -0.15) is 5.26 Å². The molecule has 0 saturated heterocycles. The summed E-state index contributed by atoms with van der Waals surface area (Å²) in [5.74, 6) is -2.03. The molecule has 2 rings (SSSR count). The Kier molecular flexibility index (Phi) is 4.64. The van der Waals surface area contributed by atoms with Gasteiger partial charge in [-0.3, -0.25) is 0 Å². The largest absolute Gasteiger partial charge is 0.573 e. The molecule has 124 valence electrons. The summed E-state index contributed by atoms with van der Waals surface area (Å²) in [6.45, 7) is 1.71. The standard InChI is InChI=1S/C16H11F3N2O3/c1-9-6-10(8-20)2-4-13(9)21-14-5-3-11(24-16(17,18)19)7-12(14)15(22)23/h2-7,21H,1H3,(H,22,23). The van der Waals surface area contributed by atoms with Crippen molar-refractivity contribution in [3.8, 4) is 11.8 Å². The maximum absolute atomic E-state index is 12.2. The minimum Gasteiger partial charge on any atom is -0.478 e. The smallest absolute Gasteiger partial charge is 0.478 e. The van der Waals surface area contributed by atoms with Crippen molar-refractivity contribution in [2.75, 3.05) is 5.32 Å². The number of anilines is 2. The van der Waals surface area contributed by atoms with Crippen molar-refractivity contribution in [2.24, 2.45) is 0 Å². The van der Waals surface area contributed by atoms with E-state index in [1.165, 1.54) is 12.1 Å². The van der Waals surface area contributed by atoms with E-state index in [9.17, 15) is 23.1 Å². The zero-order valence-corrected chi connectivity index (χ0v) is 12.3. The molecule has 5 nitrogen and oxygen atoms in total. The van der Waals surface area contributed by atoms with Gasteiger partial charge in [-0.1, -0.05) is 0 Å². The van der Waals surface area contributed by atoms with Gasteiger partial charge in [0.2, 0.25) is 0 Å². The molecule has 24 heavy (non-hydrogen) atoms. The van der Waals surface area contributed by atoms with Crippen LogP contribution in [0.25, 0.3) is 0 Å². The molecule has 2 aromatic carbocycles. The summed E-state index contributed by atoms with van der Waals surface area (Å²) in [5, 5.41) is 20.9. The van der Waals surface area contributed by atoms with Crippen molar-refractivity contribution in [3.63, 3.8) is 0 Å². The average molecular weight is 336 g/mol. The van der Waals surface area contributed by atoms with E-state index in [1.807, 2.05) is 6.07 Å². The van der Waals surface area contributed by atoms with Gasteiger partial charge in [0.1, 0.15) is 5.75 Å². The van der Waals surface area contributed by atoms with Crippen molar-refractivity contribution >= 4 is 17.3 Å². The van der Waals surface area contributed by atoms with Crippen LogP contribution in [-0.2, 0) is 0 Å². The molecule has 0 aromatic heterocycles. The van der Waals surface area contributed by atoms with Crippen molar-refractivity contribution in [3.05, 3.63) is 53.1 Å². The monoisotopic (exact) mass is 336 g/mol. The summed E-state index contributed by atoms with van der Waals surface area (Å²) in [6, 6.07) is 9.68. The summed E-state index contributed by atoms with van der Waals surface area (Å²) in [7, 11) is 0. The number of nitrogens with one attached hydrogen (secondary N) is 1. The molecule has 0 unspecified atom stereocenters. The van der Waals surface area contributed by atoms with E-state index in [2.05, 4.69) is 10.1 Å². The second-order valence-corrected chi connectivity index (χ2v) is 4.83. The van der Waals surface area contributed by atoms with E-state index in [1.54, 1.807) is 19.1 Å². The second kappa shape index (κ2) is 6.50. The summed E-state index contributed by atoms with van der Waals surface area (Å²) in [5.41, 5.74) is 1.37. The molecule has 0 aliphatic carbocycles. The van der Waals surface area contributed by atoms with Crippen molar-refractivity contribution in [2.45, 2.75) is 13.3 Å². The van der Waals surface area contributed by atoms with Gasteiger partial charge < -0.3 is 15.2 Å². The Bertz CT molecular complexity index is 826. The van der Waals surface area contributed by atoms with Crippen LogP contribution in [0.3, 0.4) is 0 Å². The van der Waals surface area contributed by atoms with Crippen LogP contribution in [0.1, 0.15) is 21.5 Å². The predicted octanol–water partition coefficient (Wildman–Crippen LogP) is 4.21. The molecular formula is C16H11F3N2O3. The minimum absolute atomic E-state index is 0.102. The maximum atomic E-state index is 12.2. The third-order valence-electron chi connectivity index (χ3n) is 3.08. The van der Waals surface area contributed by atoms with Gasteiger partial charge >= 0.3 is 12.3 Å². The van der Waals surface area contributed by atoms with Gasteiger partial charge in [0.25, 0.3) is 0 Å². The van der Waals surface area contributed by atoms with Gasteiger partial charge in [-0.05, 0) is 48.9 Å². The molecule has 0 fully saturated rings. The highest BCUT2D eigenvalue weighted by molar-refractivity contribution is 5.95. The summed E-state index contributed by atoms with van der Waals surface area (Å²) >= 11 is 0. The number of nitriles is 1. The molecule has 0 bridgehead atoms. The number of ether oxygens (including phenoxy) is 1. The molecule has 0 amide bonds. The number of carboxylic acid groups (broad SMARTS) is 1. The summed E-state index contributed by atoms with van der Waals surface area (Å²) in [6.07, 6.45) is -4.91. The molecule has 2 aromatic rings. The van der Waals surface area contributed by atoms with Crippen molar-refractivity contribution in [1.29, 1.82) is 5.26 Å². The van der Waals surface area contributed by atoms with Crippen molar-refractivity contribution in [1.82, 2.24) is 0 Å². The lowest BCUT2D eigenvalue weighted by Crippen LogP contribution is -2.17. The van der Waals surface area contributed by atoms with Gasteiger partial charge in [-0.25, -0.2) is 4.79 Å². The van der Waals surface area contributed by atoms with Crippen LogP contribution in [0.5, 0.6) is 5.75 Å². The van der Waals surface area contributed by atoms with Gasteiger partial charge in [-0.15, -0.1) is 13.2 Å². The van der Waals surface area contributed by atoms with E-state index in [0.29, 0.717) is 16.8 Å². The highest BCUT2D eigenvalue weighted by Gasteiger charge is 2.31. The van der Waals surface area contributed by atoms with Gasteiger partial charge in [0.05, 0.1) is 22.9 Å². The first-order chi connectivity index (χ1) is 11.2. The number of benzene rings is 2. The molecule has 8 heteroatoms. The highest BCUT2D eigenvalue weighted by atomic mass is 19.4. The molecule has 0 heterocycles. The van der Waals surface area contributed by atoms with Crippen LogP contribution < -0.4 is 10.1 Å². The average Bonchev–Trinajstić information content (AvgIpc) is 2.48. The first-order valence-corrected chi connectivity index (χ1v) is 6.60. The van der Waals surface area contributed by atoms with Crippen LogP contribution in [0.2, 0.25) is 0 Å². The van der Waals surface area contributed by atoms with E-state index < -0.39 is 18.1 Å². The number of nitrogens with zero attached hydrogens (tertiary/aromatic N) is 1. The minimum atomic E-state index is -4.91. The third kappa shape index (κ3) is 4.16. The summed E-state index contributed by atoms with van der Waals surface area (Å²) in [4.78, 5) is 11.3. The van der Waals surface area contributed by atoms with Gasteiger partial charge in [0, 0.05) is 5.69 Å². The molecule has 0 aliphatic heterocycles. The lowest BCUT2D eigenvalue weighted by molar-refractivity contribution is -0.274. The third-order valence-corrected chi connectivity index (χ3v) is 3.08. The van der Waals surface area contributed by atoms with E-state index in [0.717, 1.165) is 12.1 Å². The second-order valence-electron chi connectivity index (χ2n) is 4.83. The molecule has 0 aliphatic rings. The number of halogens is 3. The van der Waals surface area contributed by atoms with Crippen molar-refractivity contribution < 1.29 is 27.8 Å². The number of aryl methyl sites for hydroxylation is 1. The maximum Gasteiger partial charge on any atom is 0.573 e. The SMILES string of the molecule is Cc1cc(C#N)ccc1Nc1ccc(OC(F)(F)F)cc1C(=O)O. The Labute approximate surface area is 134 Å². The van der Waals surface area contributed by atoms with Gasteiger partial charge in [0.15, 0.2) is 0 Å². The lowest BCUT2D eigenvalue weighted by Gasteiger charge is -2.14. The Balaban J connectivity index is 2.37. The molecule has 2 N–H and O–H groups in total. The fourth-order valence-electron chi connectivity index (χ4n) is 2.02. The topological polar surface area (TPSA) is 82.3 Å². The van der Waals surface area contributed by atoms with E-state index in [-0.39, 0.29) is 11.3 Å². The molecule has 0 atom stereocenters. The predicted molar refractivity (Wildman–Crippen MR) is 79.3 cm³/mol. The quantitative estimate of drug-likeness (QED) is 0.874. The van der Waals surface area contributed by atoms with Crippen LogP contribution in [0, 0.1) is 18.3 Å². The number of carbonyl (C=O) groups is 1. The molecule has 0 spiro atoms. The van der Waals surface area contributed by atoms with Crippen LogP contribution >= 0.6 is 0 Å². The summed E-state index contributed by atoms with van der Waals surface area (Å²) < 4.78 is 40.4. The zero-order valence-electron chi connectivity index (χ0n) is 12.3. The van der Waals surface area contributed by atoms with Crippen LogP contribution in [0.15, 0.2) is 36.4 Å². The number of rotatable bonds is 4. The van der Waals surface area contributed by atoms with Crippen LogP contribution in [-0.4, -0.2) is 17.4 Å². The first kappa shape index (κ1) is 17.1. The number of carboxylic acids is 1. The lowest BCUT2D eigenvalue weighted by atomic mass is 10.1.